The second-order valence-electron chi connectivity index (χ2n) is 4.39. The van der Waals surface area contributed by atoms with Gasteiger partial charge in [-0.3, -0.25) is 4.79 Å². The third kappa shape index (κ3) is 4.79. The summed E-state index contributed by atoms with van der Waals surface area (Å²) < 4.78 is 10.9. The second kappa shape index (κ2) is 7.63. The molecule has 1 N–H and O–H groups in total. The molecule has 1 aromatic carbocycles. The molecule has 19 heavy (non-hydrogen) atoms. The number of nitrogens with zero attached hydrogens (tertiary/aromatic N) is 1. The molecule has 0 aliphatic rings. The van der Waals surface area contributed by atoms with E-state index in [1.54, 1.807) is 26.1 Å². The molecule has 0 bridgehead atoms. The van der Waals surface area contributed by atoms with Gasteiger partial charge in [0, 0.05) is 32.3 Å². The van der Waals surface area contributed by atoms with Crippen LogP contribution >= 0.6 is 0 Å². The van der Waals surface area contributed by atoms with E-state index in [1.165, 1.54) is 0 Å². The Bertz CT molecular complexity index is 419. The molecule has 0 saturated carbocycles. The Labute approximate surface area is 114 Å². The summed E-state index contributed by atoms with van der Waals surface area (Å²) >= 11 is 0. The monoisotopic (exact) mass is 266 g/mol. The zero-order chi connectivity index (χ0) is 14.3. The van der Waals surface area contributed by atoms with Gasteiger partial charge in [-0.2, -0.15) is 0 Å². The molecule has 5 heteroatoms. The van der Waals surface area contributed by atoms with Crippen molar-refractivity contribution in [2.24, 2.45) is 0 Å². The van der Waals surface area contributed by atoms with E-state index >= 15 is 0 Å². The number of nitrogens with one attached hydrogen (secondary N) is 1. The molecule has 0 atom stereocenters. The number of benzene rings is 1. The third-order valence-electron chi connectivity index (χ3n) is 2.71. The van der Waals surface area contributed by atoms with E-state index in [-0.39, 0.29) is 5.91 Å². The van der Waals surface area contributed by atoms with Crippen LogP contribution in [0, 0.1) is 0 Å². The molecule has 0 spiro atoms. The van der Waals surface area contributed by atoms with Crippen LogP contribution < -0.4 is 14.8 Å². The minimum atomic E-state index is 0.0538. The maximum Gasteiger partial charge on any atom is 0.225 e. The van der Waals surface area contributed by atoms with E-state index < -0.39 is 0 Å². The summed E-state index contributed by atoms with van der Waals surface area (Å²) in [6.07, 6.45) is 0.364. The number of hydrogen-bond donors (Lipinski definition) is 1. The summed E-state index contributed by atoms with van der Waals surface area (Å²) in [5.41, 5.74) is 1.04. The number of carbonyl (C=O) groups excluding carboxylic acids is 1. The van der Waals surface area contributed by atoms with Crippen LogP contribution in [0.2, 0.25) is 0 Å². The Morgan fingerprint density at radius 2 is 2.11 bits per heavy atom. The number of ether oxygens (including phenoxy) is 2. The van der Waals surface area contributed by atoms with Crippen LogP contribution in [-0.2, 0) is 11.3 Å². The largest absolute Gasteiger partial charge is 0.497 e. The molecule has 0 aromatic heterocycles. The van der Waals surface area contributed by atoms with Crippen molar-refractivity contribution in [3.8, 4) is 11.5 Å². The van der Waals surface area contributed by atoms with Crippen molar-refractivity contribution in [1.82, 2.24) is 10.2 Å². The highest BCUT2D eigenvalue weighted by Crippen LogP contribution is 2.24. The number of hydrogen-bond acceptors (Lipinski definition) is 4. The van der Waals surface area contributed by atoms with Gasteiger partial charge in [0.15, 0.2) is 0 Å². The molecule has 106 valence electrons. The summed E-state index contributed by atoms with van der Waals surface area (Å²) in [7, 11) is 6.97. The van der Waals surface area contributed by atoms with E-state index in [2.05, 4.69) is 5.32 Å². The maximum absolute atomic E-state index is 11.5. The minimum Gasteiger partial charge on any atom is -0.497 e. The standard InChI is InChI=1S/C14H22N2O3/c1-15-10-11-5-6-12(18-4)9-13(11)19-8-7-14(17)16(2)3/h5-6,9,15H,7-8,10H2,1-4H3. The zero-order valence-corrected chi connectivity index (χ0v) is 12.0. The molecule has 0 aliphatic heterocycles. The highest BCUT2D eigenvalue weighted by molar-refractivity contribution is 5.75. The summed E-state index contributed by atoms with van der Waals surface area (Å²) in [6, 6.07) is 5.69. The lowest BCUT2D eigenvalue weighted by Gasteiger charge is -2.14. The van der Waals surface area contributed by atoms with Crippen molar-refractivity contribution in [2.45, 2.75) is 13.0 Å². The minimum absolute atomic E-state index is 0.0538. The van der Waals surface area contributed by atoms with Crippen LogP contribution in [0.15, 0.2) is 18.2 Å². The molecule has 1 amide bonds. The number of amides is 1. The van der Waals surface area contributed by atoms with Crippen LogP contribution in [0.1, 0.15) is 12.0 Å². The Morgan fingerprint density at radius 3 is 2.68 bits per heavy atom. The van der Waals surface area contributed by atoms with Crippen LogP contribution in [0.25, 0.3) is 0 Å². The molecule has 0 saturated heterocycles. The molecule has 0 radical (unpaired) electrons. The van der Waals surface area contributed by atoms with Gasteiger partial charge in [0.25, 0.3) is 0 Å². The topological polar surface area (TPSA) is 50.8 Å². The lowest BCUT2D eigenvalue weighted by atomic mass is 10.2. The predicted molar refractivity (Wildman–Crippen MR) is 74.6 cm³/mol. The SMILES string of the molecule is CNCc1ccc(OC)cc1OCCC(=O)N(C)C. The first-order chi connectivity index (χ1) is 9.08. The second-order valence-corrected chi connectivity index (χ2v) is 4.39. The van der Waals surface area contributed by atoms with E-state index in [4.69, 9.17) is 9.47 Å². The number of carbonyl (C=O) groups is 1. The Morgan fingerprint density at radius 1 is 1.37 bits per heavy atom. The molecule has 1 rings (SSSR count). The van der Waals surface area contributed by atoms with Gasteiger partial charge in [-0.05, 0) is 13.1 Å². The van der Waals surface area contributed by atoms with Crippen molar-refractivity contribution in [2.75, 3.05) is 34.9 Å². The first kappa shape index (κ1) is 15.3. The van der Waals surface area contributed by atoms with Crippen LogP contribution in [0.5, 0.6) is 11.5 Å². The van der Waals surface area contributed by atoms with Crippen molar-refractivity contribution in [1.29, 1.82) is 0 Å². The maximum atomic E-state index is 11.5. The number of methoxy groups -OCH3 is 1. The van der Waals surface area contributed by atoms with Crippen LogP contribution in [-0.4, -0.2) is 45.7 Å². The van der Waals surface area contributed by atoms with Gasteiger partial charge in [0.05, 0.1) is 20.1 Å². The van der Waals surface area contributed by atoms with Gasteiger partial charge in [-0.1, -0.05) is 6.07 Å². The highest BCUT2D eigenvalue weighted by Gasteiger charge is 2.08. The predicted octanol–water partition coefficient (Wildman–Crippen LogP) is 1.27. The Hall–Kier alpha value is -1.75. The van der Waals surface area contributed by atoms with E-state index in [1.807, 2.05) is 25.2 Å². The van der Waals surface area contributed by atoms with E-state index in [0.717, 1.165) is 17.1 Å². The van der Waals surface area contributed by atoms with E-state index in [9.17, 15) is 4.79 Å². The fraction of sp³-hybridized carbons (Fsp3) is 0.500. The molecule has 0 aliphatic carbocycles. The van der Waals surface area contributed by atoms with Gasteiger partial charge < -0.3 is 19.7 Å². The first-order valence-electron chi connectivity index (χ1n) is 6.23. The van der Waals surface area contributed by atoms with Gasteiger partial charge in [-0.25, -0.2) is 0 Å². The normalized spacial score (nSPS) is 10.1. The fourth-order valence-corrected chi connectivity index (χ4v) is 1.60. The fourth-order valence-electron chi connectivity index (χ4n) is 1.60. The first-order valence-corrected chi connectivity index (χ1v) is 6.23. The van der Waals surface area contributed by atoms with Gasteiger partial charge in [0.2, 0.25) is 5.91 Å². The lowest BCUT2D eigenvalue weighted by Crippen LogP contribution is -2.23. The molecule has 0 unspecified atom stereocenters. The smallest absolute Gasteiger partial charge is 0.225 e. The van der Waals surface area contributed by atoms with Crippen LogP contribution in [0.3, 0.4) is 0 Å². The summed E-state index contributed by atoms with van der Waals surface area (Å²) in [5.74, 6) is 1.55. The molecule has 0 heterocycles. The average molecular weight is 266 g/mol. The Kier molecular flexibility index (Phi) is 6.15. The van der Waals surface area contributed by atoms with Crippen molar-refractivity contribution >= 4 is 5.91 Å². The van der Waals surface area contributed by atoms with Gasteiger partial charge >= 0.3 is 0 Å². The van der Waals surface area contributed by atoms with Crippen molar-refractivity contribution < 1.29 is 14.3 Å². The molecular weight excluding hydrogens is 244 g/mol. The Balaban J connectivity index is 2.66. The van der Waals surface area contributed by atoms with Crippen molar-refractivity contribution in [3.05, 3.63) is 23.8 Å². The molecule has 5 nitrogen and oxygen atoms in total. The third-order valence-corrected chi connectivity index (χ3v) is 2.71. The lowest BCUT2D eigenvalue weighted by molar-refractivity contribution is -0.129. The summed E-state index contributed by atoms with van der Waals surface area (Å²) in [5, 5.41) is 3.08. The molecule has 0 fully saturated rings. The van der Waals surface area contributed by atoms with Gasteiger partial charge in [-0.15, -0.1) is 0 Å². The average Bonchev–Trinajstić information content (AvgIpc) is 2.40. The summed E-state index contributed by atoms with van der Waals surface area (Å²) in [6.45, 7) is 1.07. The zero-order valence-electron chi connectivity index (χ0n) is 12.0. The quantitative estimate of drug-likeness (QED) is 0.807. The highest BCUT2D eigenvalue weighted by atomic mass is 16.5. The number of rotatable bonds is 7. The molecular formula is C14H22N2O3. The van der Waals surface area contributed by atoms with Crippen LogP contribution in [0.4, 0.5) is 0 Å². The molecule has 1 aromatic rings. The van der Waals surface area contributed by atoms with Gasteiger partial charge in [0.1, 0.15) is 11.5 Å². The summed E-state index contributed by atoms with van der Waals surface area (Å²) in [4.78, 5) is 13.0. The van der Waals surface area contributed by atoms with Crippen molar-refractivity contribution in [3.63, 3.8) is 0 Å². The van der Waals surface area contributed by atoms with E-state index in [0.29, 0.717) is 19.6 Å².